The Balaban J connectivity index is 4.49. The molecule has 0 aliphatic heterocycles. The first-order valence-corrected chi connectivity index (χ1v) is 3.21. The molecule has 0 saturated heterocycles. The van der Waals surface area contributed by atoms with Gasteiger partial charge in [-0.05, 0) is 0 Å². The van der Waals surface area contributed by atoms with Crippen molar-refractivity contribution >= 4 is 5.71 Å². The summed E-state index contributed by atoms with van der Waals surface area (Å²) < 4.78 is 36.0. The van der Waals surface area contributed by atoms with Crippen molar-refractivity contribution < 1.29 is 13.2 Å². The van der Waals surface area contributed by atoms with Crippen LogP contribution in [0.3, 0.4) is 0 Å². The van der Waals surface area contributed by atoms with Crippen molar-refractivity contribution in [3.05, 3.63) is 0 Å². The minimum Gasteiger partial charge on any atom is -0.313 e. The Labute approximate surface area is 63.5 Å². The topological polar surface area (TPSA) is 24.4 Å². The monoisotopic (exact) mass is 168 g/mol. The van der Waals surface area contributed by atoms with Crippen LogP contribution in [0.5, 0.6) is 0 Å². The van der Waals surface area contributed by atoms with Gasteiger partial charge in [0, 0.05) is 13.0 Å². The minimum atomic E-state index is -4.32. The van der Waals surface area contributed by atoms with Gasteiger partial charge in [-0.15, -0.1) is 0 Å². The van der Waals surface area contributed by atoms with Gasteiger partial charge in [-0.2, -0.15) is 18.3 Å². The average molecular weight is 168 g/mol. The Kier molecular flexibility index (Phi) is 3.35. The fourth-order valence-electron chi connectivity index (χ4n) is 0.640. The number of hydrogen-bond donors (Lipinski definition) is 1. The number of rotatable bonds is 2. The van der Waals surface area contributed by atoms with Crippen LogP contribution < -0.4 is 5.43 Å². The summed E-state index contributed by atoms with van der Waals surface area (Å²) >= 11 is 0. The van der Waals surface area contributed by atoms with Crippen LogP contribution in [-0.2, 0) is 0 Å². The number of hydrazone groups is 1. The summed E-state index contributed by atoms with van der Waals surface area (Å²) in [6, 6.07) is 0. The van der Waals surface area contributed by atoms with Crippen LogP contribution in [-0.4, -0.2) is 18.9 Å². The van der Waals surface area contributed by atoms with Crippen molar-refractivity contribution in [3.63, 3.8) is 0 Å². The van der Waals surface area contributed by atoms with E-state index in [4.69, 9.17) is 0 Å². The second-order valence-electron chi connectivity index (χ2n) is 2.37. The van der Waals surface area contributed by atoms with Gasteiger partial charge < -0.3 is 5.43 Å². The van der Waals surface area contributed by atoms with Crippen LogP contribution in [0.2, 0.25) is 0 Å². The Morgan fingerprint density at radius 3 is 1.91 bits per heavy atom. The van der Waals surface area contributed by atoms with Gasteiger partial charge in [0.2, 0.25) is 0 Å². The van der Waals surface area contributed by atoms with Gasteiger partial charge >= 0.3 is 6.18 Å². The lowest BCUT2D eigenvalue weighted by Gasteiger charge is -2.12. The third-order valence-electron chi connectivity index (χ3n) is 1.07. The lowest BCUT2D eigenvalue weighted by atomic mass is 10.1. The highest BCUT2D eigenvalue weighted by Gasteiger charge is 2.37. The molecule has 0 fully saturated rings. The van der Waals surface area contributed by atoms with Crippen molar-refractivity contribution in [2.75, 3.05) is 7.05 Å². The molecule has 0 aromatic heterocycles. The molecule has 0 aromatic rings. The van der Waals surface area contributed by atoms with Crippen LogP contribution in [0.15, 0.2) is 5.10 Å². The highest BCUT2D eigenvalue weighted by atomic mass is 19.4. The van der Waals surface area contributed by atoms with Gasteiger partial charge in [0.15, 0.2) is 0 Å². The zero-order valence-corrected chi connectivity index (χ0v) is 6.66. The van der Waals surface area contributed by atoms with E-state index in [0.29, 0.717) is 0 Å². The molecule has 0 bridgehead atoms. The van der Waals surface area contributed by atoms with E-state index in [1.54, 1.807) is 0 Å². The van der Waals surface area contributed by atoms with E-state index in [-0.39, 0.29) is 0 Å². The summed E-state index contributed by atoms with van der Waals surface area (Å²) in [6.45, 7) is 2.90. The van der Waals surface area contributed by atoms with Crippen molar-refractivity contribution in [3.8, 4) is 0 Å². The Hall–Kier alpha value is -0.740. The van der Waals surface area contributed by atoms with Crippen LogP contribution in [0.4, 0.5) is 13.2 Å². The van der Waals surface area contributed by atoms with Gasteiger partial charge in [-0.1, -0.05) is 13.8 Å². The summed E-state index contributed by atoms with van der Waals surface area (Å²) in [5, 5.41) is 3.14. The lowest BCUT2D eigenvalue weighted by molar-refractivity contribution is -0.0626. The molecule has 5 heteroatoms. The number of nitrogens with one attached hydrogen (secondary N) is 1. The van der Waals surface area contributed by atoms with Gasteiger partial charge in [0.1, 0.15) is 5.71 Å². The lowest BCUT2D eigenvalue weighted by Crippen LogP contribution is -2.29. The SMILES string of the molecule is CN/N=C(\C(C)C)C(F)(F)F. The number of hydrogen-bond acceptors (Lipinski definition) is 2. The first kappa shape index (κ1) is 10.3. The molecular formula is C6H11F3N2. The predicted octanol–water partition coefficient (Wildman–Crippen LogP) is 1.78. The van der Waals surface area contributed by atoms with Crippen LogP contribution in [0.1, 0.15) is 13.8 Å². The molecule has 0 heterocycles. The van der Waals surface area contributed by atoms with Gasteiger partial charge in [0.05, 0.1) is 0 Å². The molecule has 0 rings (SSSR count). The molecule has 2 nitrogen and oxygen atoms in total. The van der Waals surface area contributed by atoms with Crippen LogP contribution in [0, 0.1) is 5.92 Å². The minimum absolute atomic E-state index is 0.609. The number of alkyl halides is 3. The van der Waals surface area contributed by atoms with Crippen LogP contribution in [0.25, 0.3) is 0 Å². The van der Waals surface area contributed by atoms with E-state index in [1.807, 2.05) is 0 Å². The molecule has 0 radical (unpaired) electrons. The first-order valence-electron chi connectivity index (χ1n) is 3.21. The zero-order chi connectivity index (χ0) is 9.07. The second kappa shape index (κ2) is 3.59. The molecule has 11 heavy (non-hydrogen) atoms. The smallest absolute Gasteiger partial charge is 0.313 e. The molecule has 0 aliphatic carbocycles. The number of halogens is 3. The van der Waals surface area contributed by atoms with E-state index < -0.39 is 17.8 Å². The largest absolute Gasteiger partial charge is 0.431 e. The second-order valence-corrected chi connectivity index (χ2v) is 2.37. The van der Waals surface area contributed by atoms with Crippen molar-refractivity contribution in [1.29, 1.82) is 0 Å². The fourth-order valence-corrected chi connectivity index (χ4v) is 0.640. The molecule has 0 spiro atoms. The standard InChI is InChI=1S/C6H11F3N2/c1-4(2)5(11-10-3)6(7,8)9/h4,10H,1-3H3/b11-5+. The van der Waals surface area contributed by atoms with E-state index in [0.717, 1.165) is 0 Å². The molecule has 0 aliphatic rings. The van der Waals surface area contributed by atoms with Crippen LogP contribution >= 0.6 is 0 Å². The zero-order valence-electron chi connectivity index (χ0n) is 6.66. The summed E-state index contributed by atoms with van der Waals surface area (Å²) in [7, 11) is 1.34. The van der Waals surface area contributed by atoms with Gasteiger partial charge in [0.25, 0.3) is 0 Å². The molecular weight excluding hydrogens is 157 g/mol. The molecule has 66 valence electrons. The Morgan fingerprint density at radius 2 is 1.82 bits per heavy atom. The average Bonchev–Trinajstić information content (AvgIpc) is 1.79. The summed E-state index contributed by atoms with van der Waals surface area (Å²) in [5.41, 5.74) is 1.35. The fraction of sp³-hybridized carbons (Fsp3) is 0.833. The van der Waals surface area contributed by atoms with E-state index >= 15 is 0 Å². The van der Waals surface area contributed by atoms with Crippen molar-refractivity contribution in [2.45, 2.75) is 20.0 Å². The highest BCUT2D eigenvalue weighted by Crippen LogP contribution is 2.21. The predicted molar refractivity (Wildman–Crippen MR) is 37.4 cm³/mol. The van der Waals surface area contributed by atoms with Crippen molar-refractivity contribution in [1.82, 2.24) is 5.43 Å². The quantitative estimate of drug-likeness (QED) is 0.493. The highest BCUT2D eigenvalue weighted by molar-refractivity contribution is 5.91. The van der Waals surface area contributed by atoms with E-state index in [1.165, 1.54) is 20.9 Å². The van der Waals surface area contributed by atoms with E-state index in [2.05, 4.69) is 10.5 Å². The normalized spacial score (nSPS) is 13.9. The molecule has 0 atom stereocenters. The molecule has 0 saturated carbocycles. The van der Waals surface area contributed by atoms with E-state index in [9.17, 15) is 13.2 Å². The molecule has 1 N–H and O–H groups in total. The maximum Gasteiger partial charge on any atom is 0.431 e. The van der Waals surface area contributed by atoms with Crippen molar-refractivity contribution in [2.24, 2.45) is 11.0 Å². The maximum atomic E-state index is 12.0. The third-order valence-corrected chi connectivity index (χ3v) is 1.07. The Morgan fingerprint density at radius 1 is 1.36 bits per heavy atom. The summed E-state index contributed by atoms with van der Waals surface area (Å²) in [6.07, 6.45) is -4.32. The Bertz CT molecular complexity index is 148. The van der Waals surface area contributed by atoms with Gasteiger partial charge in [-0.3, -0.25) is 0 Å². The molecule has 0 aromatic carbocycles. The summed E-state index contributed by atoms with van der Waals surface area (Å²) in [5.74, 6) is -0.609. The van der Waals surface area contributed by atoms with Gasteiger partial charge in [-0.25, -0.2) is 0 Å². The summed E-state index contributed by atoms with van der Waals surface area (Å²) in [4.78, 5) is 0. The third kappa shape index (κ3) is 3.25. The maximum absolute atomic E-state index is 12.0. The number of nitrogens with zero attached hydrogens (tertiary/aromatic N) is 1. The molecule has 0 amide bonds. The first-order chi connectivity index (χ1) is 4.89. The molecule has 0 unspecified atom stereocenters.